The molecule has 158 valence electrons. The third kappa shape index (κ3) is 2.56. The maximum absolute atomic E-state index is 6.32. The summed E-state index contributed by atoms with van der Waals surface area (Å²) in [4.78, 5) is 0. The van der Waals surface area contributed by atoms with Gasteiger partial charge in [-0.25, -0.2) is 0 Å². The minimum atomic E-state index is 0.794. The van der Waals surface area contributed by atoms with Gasteiger partial charge < -0.3 is 14.9 Å². The Hall–Kier alpha value is -4.24. The van der Waals surface area contributed by atoms with Crippen LogP contribution in [0.25, 0.3) is 50.2 Å². The molecule has 3 nitrogen and oxygen atoms in total. The van der Waals surface area contributed by atoms with Gasteiger partial charge in [0, 0.05) is 38.9 Å². The van der Waals surface area contributed by atoms with E-state index >= 15 is 0 Å². The lowest BCUT2D eigenvalue weighted by Crippen LogP contribution is -1.99. The molecule has 0 atom stereocenters. The molecule has 3 heteroatoms. The fourth-order valence-corrected chi connectivity index (χ4v) is 5.56. The first-order valence-electron chi connectivity index (χ1n) is 11.5. The highest BCUT2D eigenvalue weighted by molar-refractivity contribution is 6.23. The van der Waals surface area contributed by atoms with Crippen molar-refractivity contribution in [3.05, 3.63) is 108 Å². The van der Waals surface area contributed by atoms with Crippen LogP contribution in [0.2, 0.25) is 0 Å². The van der Waals surface area contributed by atoms with Crippen molar-refractivity contribution in [3.63, 3.8) is 0 Å². The lowest BCUT2D eigenvalue weighted by molar-refractivity contribution is 0.968. The number of aromatic nitrogens is 2. The Morgan fingerprint density at radius 2 is 1.27 bits per heavy atom. The number of hydrogen-bond acceptors (Lipinski definition) is 1. The van der Waals surface area contributed by atoms with Crippen molar-refractivity contribution in [2.75, 3.05) is 5.73 Å². The minimum absolute atomic E-state index is 0.794. The van der Waals surface area contributed by atoms with Crippen LogP contribution in [-0.2, 0) is 6.42 Å². The van der Waals surface area contributed by atoms with Crippen LogP contribution in [0.4, 0.5) is 5.69 Å². The largest absolute Gasteiger partial charge is 0.399 e. The van der Waals surface area contributed by atoms with Crippen molar-refractivity contribution in [2.45, 2.75) is 12.8 Å². The Labute approximate surface area is 192 Å². The fraction of sp³-hybridized carbons (Fsp3) is 0.0667. The van der Waals surface area contributed by atoms with E-state index in [9.17, 15) is 0 Å². The van der Waals surface area contributed by atoms with E-state index in [1.807, 2.05) is 6.07 Å². The van der Waals surface area contributed by atoms with Crippen molar-refractivity contribution in [3.8, 4) is 11.4 Å². The molecule has 1 aliphatic rings. The maximum Gasteiger partial charge on any atom is 0.0548 e. The van der Waals surface area contributed by atoms with Crippen LogP contribution in [-0.4, -0.2) is 9.13 Å². The molecule has 0 bridgehead atoms. The molecule has 6 aromatic rings. The fourth-order valence-electron chi connectivity index (χ4n) is 5.56. The van der Waals surface area contributed by atoms with Crippen molar-refractivity contribution in [1.82, 2.24) is 9.13 Å². The van der Waals surface area contributed by atoms with Crippen LogP contribution in [0.1, 0.15) is 17.7 Å². The van der Waals surface area contributed by atoms with Crippen LogP contribution in [0.15, 0.2) is 97.1 Å². The van der Waals surface area contributed by atoms with E-state index in [4.69, 9.17) is 5.73 Å². The third-order valence-corrected chi connectivity index (χ3v) is 6.89. The summed E-state index contributed by atoms with van der Waals surface area (Å²) in [5, 5.41) is 3.85. The lowest BCUT2D eigenvalue weighted by Gasteiger charge is -2.11. The Bertz CT molecular complexity index is 1700. The Morgan fingerprint density at radius 1 is 0.636 bits per heavy atom. The van der Waals surface area contributed by atoms with Crippen LogP contribution >= 0.6 is 0 Å². The van der Waals surface area contributed by atoms with Crippen molar-refractivity contribution >= 4 is 44.5 Å². The van der Waals surface area contributed by atoms with E-state index in [0.717, 1.165) is 24.2 Å². The van der Waals surface area contributed by atoms with Gasteiger partial charge in [-0.15, -0.1) is 0 Å². The van der Waals surface area contributed by atoms with Crippen LogP contribution in [0, 0.1) is 0 Å². The highest BCUT2D eigenvalue weighted by Gasteiger charge is 2.23. The summed E-state index contributed by atoms with van der Waals surface area (Å²) < 4.78 is 4.78. The molecule has 4 aromatic carbocycles. The Kier molecular flexibility index (Phi) is 3.82. The number of aryl methyl sites for hydroxylation is 1. The smallest absolute Gasteiger partial charge is 0.0548 e. The van der Waals surface area contributed by atoms with Crippen molar-refractivity contribution in [1.29, 1.82) is 0 Å². The number of rotatable bonds is 2. The zero-order chi connectivity index (χ0) is 21.9. The van der Waals surface area contributed by atoms with Gasteiger partial charge in [-0.05, 0) is 79.1 Å². The van der Waals surface area contributed by atoms with Gasteiger partial charge in [0.25, 0.3) is 0 Å². The van der Waals surface area contributed by atoms with Gasteiger partial charge >= 0.3 is 0 Å². The number of hydrogen-bond donors (Lipinski definition) is 1. The summed E-state index contributed by atoms with van der Waals surface area (Å²) in [5.74, 6) is 0. The summed E-state index contributed by atoms with van der Waals surface area (Å²) in [6.45, 7) is 0. The predicted molar refractivity (Wildman–Crippen MR) is 139 cm³/mol. The van der Waals surface area contributed by atoms with Crippen molar-refractivity contribution < 1.29 is 0 Å². The molecule has 0 saturated carbocycles. The summed E-state index contributed by atoms with van der Waals surface area (Å²) in [6.07, 6.45) is 6.70. The first-order chi connectivity index (χ1) is 16.3. The number of nitrogen functional groups attached to an aromatic ring is 1. The van der Waals surface area contributed by atoms with E-state index in [1.165, 1.54) is 49.7 Å². The van der Waals surface area contributed by atoms with Crippen LogP contribution in [0.5, 0.6) is 0 Å². The van der Waals surface area contributed by atoms with E-state index in [-0.39, 0.29) is 0 Å². The van der Waals surface area contributed by atoms with Crippen molar-refractivity contribution in [2.24, 2.45) is 0 Å². The molecule has 2 aromatic heterocycles. The second-order valence-corrected chi connectivity index (χ2v) is 8.78. The molecular weight excluding hydrogens is 402 g/mol. The first kappa shape index (κ1) is 18.3. The number of allylic oxidation sites excluding steroid dienone is 1. The standard InChI is InChI=1S/C30H23N3/c31-20-15-16-26-24(19-20)30-28(33(26)22-11-5-2-6-12-22)18-17-27-29(30)23-13-7-8-14-25(23)32(27)21-9-3-1-4-10-21/h1-6,8-12,14-19H,7,13,31H2. The number of para-hydroxylation sites is 2. The quantitative estimate of drug-likeness (QED) is 0.291. The molecule has 2 N–H and O–H groups in total. The van der Waals surface area contributed by atoms with Gasteiger partial charge in [-0.2, -0.15) is 0 Å². The highest BCUT2D eigenvalue weighted by atomic mass is 15.0. The van der Waals surface area contributed by atoms with E-state index < -0.39 is 0 Å². The maximum atomic E-state index is 6.32. The van der Waals surface area contributed by atoms with Gasteiger partial charge in [-0.3, -0.25) is 0 Å². The Balaban J connectivity index is 1.71. The van der Waals surface area contributed by atoms with E-state index in [2.05, 4.69) is 106 Å². The number of nitrogens with two attached hydrogens (primary N) is 1. The highest BCUT2D eigenvalue weighted by Crippen LogP contribution is 2.43. The van der Waals surface area contributed by atoms with E-state index in [0.29, 0.717) is 0 Å². The third-order valence-electron chi connectivity index (χ3n) is 6.89. The summed E-state index contributed by atoms with van der Waals surface area (Å²) >= 11 is 0. The molecule has 1 aliphatic carbocycles. The summed E-state index contributed by atoms with van der Waals surface area (Å²) in [5.41, 5.74) is 15.8. The van der Waals surface area contributed by atoms with Gasteiger partial charge in [-0.1, -0.05) is 42.5 Å². The second kappa shape index (κ2) is 6.88. The first-order valence-corrected chi connectivity index (χ1v) is 11.5. The predicted octanol–water partition coefficient (Wildman–Crippen LogP) is 7.27. The zero-order valence-electron chi connectivity index (χ0n) is 18.2. The SMILES string of the molecule is Nc1ccc2c(c1)c1c3c4c(n(-c5ccccc5)c3ccc1n2-c1ccccc1)C=CCC4. The molecule has 0 radical (unpaired) electrons. The normalized spacial score (nSPS) is 13.2. The van der Waals surface area contributed by atoms with E-state index in [1.54, 1.807) is 0 Å². The average molecular weight is 426 g/mol. The number of nitrogens with zero attached hydrogens (tertiary/aromatic N) is 2. The number of anilines is 1. The van der Waals surface area contributed by atoms with Gasteiger partial charge in [0.15, 0.2) is 0 Å². The van der Waals surface area contributed by atoms with Gasteiger partial charge in [0.05, 0.1) is 16.6 Å². The average Bonchev–Trinajstić information content (AvgIpc) is 3.37. The van der Waals surface area contributed by atoms with Gasteiger partial charge in [0.2, 0.25) is 0 Å². The number of fused-ring (bicyclic) bond motifs is 7. The monoisotopic (exact) mass is 425 g/mol. The summed E-state index contributed by atoms with van der Waals surface area (Å²) in [6, 6.07) is 32.2. The molecule has 0 amide bonds. The molecule has 0 unspecified atom stereocenters. The Morgan fingerprint density at radius 3 is 2.00 bits per heavy atom. The molecule has 33 heavy (non-hydrogen) atoms. The molecule has 0 aliphatic heterocycles. The minimum Gasteiger partial charge on any atom is -0.399 e. The number of benzene rings is 4. The molecular formula is C30H23N3. The molecule has 0 fully saturated rings. The van der Waals surface area contributed by atoms with Gasteiger partial charge in [0.1, 0.15) is 0 Å². The molecule has 0 saturated heterocycles. The molecule has 0 spiro atoms. The van der Waals surface area contributed by atoms with Crippen LogP contribution in [0.3, 0.4) is 0 Å². The molecule has 7 rings (SSSR count). The second-order valence-electron chi connectivity index (χ2n) is 8.78. The lowest BCUT2D eigenvalue weighted by atomic mass is 9.97. The van der Waals surface area contributed by atoms with Crippen LogP contribution < -0.4 is 5.73 Å². The molecule has 2 heterocycles. The summed E-state index contributed by atoms with van der Waals surface area (Å²) in [7, 11) is 0. The topological polar surface area (TPSA) is 35.9 Å². The zero-order valence-corrected chi connectivity index (χ0v) is 18.2.